The number of nitrogens with zero attached hydrogens (tertiary/aromatic N) is 3. The van der Waals surface area contributed by atoms with Crippen LogP contribution in [0.4, 0.5) is 14.9 Å². The summed E-state index contributed by atoms with van der Waals surface area (Å²) in [6.07, 6.45) is 1.10. The van der Waals surface area contributed by atoms with Gasteiger partial charge in [0.15, 0.2) is 0 Å². The van der Waals surface area contributed by atoms with E-state index in [0.717, 1.165) is 0 Å². The Balaban J connectivity index is 2.03. The second kappa shape index (κ2) is 13.7. The minimum absolute atomic E-state index is 0.159. The van der Waals surface area contributed by atoms with E-state index >= 15 is 0 Å². The SMILES string of the molecule is C[C@@](Cc1cccc(NC(=O)Cn2cc(CCCF)nn2)c1)(NC(=O)NC(CCC(=O)O)C(=O)O)C(=O)O. The third-order valence-corrected chi connectivity index (χ3v) is 5.34. The summed E-state index contributed by atoms with van der Waals surface area (Å²) in [7, 11) is 0. The first-order valence-corrected chi connectivity index (χ1v) is 11.5. The number of hydrogen-bond acceptors (Lipinski definition) is 7. The molecule has 2 atom stereocenters. The van der Waals surface area contributed by atoms with Gasteiger partial charge in [0.1, 0.15) is 18.1 Å². The molecule has 0 spiro atoms. The number of aryl methyl sites for hydroxylation is 1. The van der Waals surface area contributed by atoms with Crippen LogP contribution in [0, 0.1) is 0 Å². The summed E-state index contributed by atoms with van der Waals surface area (Å²) >= 11 is 0. The van der Waals surface area contributed by atoms with E-state index in [1.165, 1.54) is 23.9 Å². The largest absolute Gasteiger partial charge is 0.481 e. The van der Waals surface area contributed by atoms with Crippen LogP contribution in [0.3, 0.4) is 0 Å². The lowest BCUT2D eigenvalue weighted by Gasteiger charge is -2.27. The number of aromatic nitrogens is 3. The molecule has 0 bridgehead atoms. The Kier molecular flexibility index (Phi) is 10.7. The molecular formula is C23H29FN6O8. The molecule has 0 saturated heterocycles. The number of carbonyl (C=O) groups is 5. The van der Waals surface area contributed by atoms with Gasteiger partial charge in [0, 0.05) is 24.7 Å². The maximum absolute atomic E-state index is 12.4. The van der Waals surface area contributed by atoms with Gasteiger partial charge in [-0.05, 0) is 43.9 Å². The van der Waals surface area contributed by atoms with Crippen LogP contribution in [0.5, 0.6) is 0 Å². The lowest BCUT2D eigenvalue weighted by atomic mass is 9.92. The van der Waals surface area contributed by atoms with E-state index in [9.17, 15) is 38.6 Å². The average molecular weight is 537 g/mol. The molecule has 15 heteroatoms. The average Bonchev–Trinajstić information content (AvgIpc) is 3.26. The van der Waals surface area contributed by atoms with Gasteiger partial charge in [0.25, 0.3) is 0 Å². The predicted octanol–water partition coefficient (Wildman–Crippen LogP) is 0.822. The molecule has 3 amide bonds. The summed E-state index contributed by atoms with van der Waals surface area (Å²) < 4.78 is 13.6. The molecule has 206 valence electrons. The highest BCUT2D eigenvalue weighted by molar-refractivity contribution is 5.91. The molecule has 0 aliphatic rings. The fourth-order valence-electron chi connectivity index (χ4n) is 3.44. The zero-order valence-corrected chi connectivity index (χ0v) is 20.5. The molecule has 38 heavy (non-hydrogen) atoms. The van der Waals surface area contributed by atoms with Gasteiger partial charge in [-0.15, -0.1) is 5.10 Å². The molecule has 2 rings (SSSR count). The van der Waals surface area contributed by atoms with Gasteiger partial charge < -0.3 is 31.3 Å². The van der Waals surface area contributed by atoms with Crippen molar-refractivity contribution in [2.45, 2.75) is 57.2 Å². The Bertz CT molecular complexity index is 1170. The lowest BCUT2D eigenvalue weighted by Crippen LogP contribution is -2.58. The normalized spacial score (nSPS) is 13.1. The molecule has 1 heterocycles. The first-order valence-electron chi connectivity index (χ1n) is 11.5. The van der Waals surface area contributed by atoms with Crippen molar-refractivity contribution in [3.8, 4) is 0 Å². The number of carbonyl (C=O) groups excluding carboxylic acids is 2. The summed E-state index contributed by atoms with van der Waals surface area (Å²) in [4.78, 5) is 58.8. The molecular weight excluding hydrogens is 507 g/mol. The van der Waals surface area contributed by atoms with Gasteiger partial charge >= 0.3 is 23.9 Å². The smallest absolute Gasteiger partial charge is 0.329 e. The summed E-state index contributed by atoms with van der Waals surface area (Å²) in [6.45, 7) is 0.576. The zero-order chi connectivity index (χ0) is 28.3. The number of rotatable bonds is 15. The molecule has 2 aromatic rings. The van der Waals surface area contributed by atoms with E-state index in [4.69, 9.17) is 5.11 Å². The number of anilines is 1. The Morgan fingerprint density at radius 1 is 1.16 bits per heavy atom. The number of amides is 3. The van der Waals surface area contributed by atoms with Crippen molar-refractivity contribution in [1.29, 1.82) is 0 Å². The van der Waals surface area contributed by atoms with Crippen molar-refractivity contribution in [1.82, 2.24) is 25.6 Å². The van der Waals surface area contributed by atoms with Gasteiger partial charge in [-0.25, -0.2) is 19.1 Å². The maximum atomic E-state index is 12.4. The van der Waals surface area contributed by atoms with Crippen molar-refractivity contribution >= 4 is 35.5 Å². The van der Waals surface area contributed by atoms with Gasteiger partial charge in [-0.2, -0.15) is 0 Å². The number of halogens is 1. The Labute approximate surface area is 216 Å². The molecule has 14 nitrogen and oxygen atoms in total. The van der Waals surface area contributed by atoms with Crippen molar-refractivity contribution in [3.05, 3.63) is 41.7 Å². The van der Waals surface area contributed by atoms with Crippen molar-refractivity contribution in [3.63, 3.8) is 0 Å². The second-order valence-electron chi connectivity index (χ2n) is 8.68. The molecule has 6 N–H and O–H groups in total. The minimum Gasteiger partial charge on any atom is -0.481 e. The molecule has 1 aromatic heterocycles. The van der Waals surface area contributed by atoms with Crippen LogP contribution in [0.1, 0.15) is 37.4 Å². The zero-order valence-electron chi connectivity index (χ0n) is 20.5. The standard InChI is InChI=1S/C23H29FN6O8/c1-23(21(36)37,27-22(38)26-17(20(34)35)7-8-19(32)33)11-14-4-2-5-15(10-14)25-18(31)13-30-12-16(28-29-30)6-3-9-24/h2,4-5,10,12,17H,3,6-9,11,13H2,1H3,(H,25,31)(H,32,33)(H,34,35)(H,36,37)(H2,26,27,38)/t17?,23-/m0/s1. The van der Waals surface area contributed by atoms with Crippen LogP contribution in [0.15, 0.2) is 30.5 Å². The van der Waals surface area contributed by atoms with Crippen molar-refractivity contribution in [2.75, 3.05) is 12.0 Å². The molecule has 1 unspecified atom stereocenters. The van der Waals surface area contributed by atoms with Gasteiger partial charge in [-0.3, -0.25) is 14.0 Å². The molecule has 0 aliphatic carbocycles. The first-order chi connectivity index (χ1) is 17.9. The number of carboxylic acid groups (broad SMARTS) is 3. The number of aliphatic carboxylic acids is 3. The number of nitrogens with one attached hydrogen (secondary N) is 3. The number of benzene rings is 1. The highest BCUT2D eigenvalue weighted by Gasteiger charge is 2.36. The fourth-order valence-corrected chi connectivity index (χ4v) is 3.44. The monoisotopic (exact) mass is 536 g/mol. The molecule has 1 aromatic carbocycles. The fraction of sp³-hybridized carbons (Fsp3) is 0.435. The number of carboxylic acids is 3. The quantitative estimate of drug-likeness (QED) is 0.188. The maximum Gasteiger partial charge on any atom is 0.329 e. The van der Waals surface area contributed by atoms with Crippen LogP contribution in [0.2, 0.25) is 0 Å². The number of alkyl halides is 1. The number of urea groups is 1. The predicted molar refractivity (Wildman–Crippen MR) is 129 cm³/mol. The topological polar surface area (TPSA) is 213 Å². The first kappa shape index (κ1) is 29.7. The van der Waals surface area contributed by atoms with Gasteiger partial charge in [-0.1, -0.05) is 17.3 Å². The Hall–Kier alpha value is -4.56. The third-order valence-electron chi connectivity index (χ3n) is 5.34. The van der Waals surface area contributed by atoms with E-state index in [1.807, 2.05) is 0 Å². The number of hydrogen-bond donors (Lipinski definition) is 6. The third kappa shape index (κ3) is 9.48. The molecule has 0 saturated carbocycles. The van der Waals surface area contributed by atoms with Crippen LogP contribution < -0.4 is 16.0 Å². The van der Waals surface area contributed by atoms with Crippen LogP contribution >= 0.6 is 0 Å². The van der Waals surface area contributed by atoms with Gasteiger partial charge in [0.05, 0.1) is 12.4 Å². The van der Waals surface area contributed by atoms with Gasteiger partial charge in [0.2, 0.25) is 5.91 Å². The summed E-state index contributed by atoms with van der Waals surface area (Å²) in [5, 5.41) is 42.3. The summed E-state index contributed by atoms with van der Waals surface area (Å²) in [5.41, 5.74) is -0.539. The molecule has 0 aliphatic heterocycles. The van der Waals surface area contributed by atoms with E-state index in [-0.39, 0.29) is 13.0 Å². The lowest BCUT2D eigenvalue weighted by molar-refractivity contribution is -0.143. The summed E-state index contributed by atoms with van der Waals surface area (Å²) in [5.74, 6) is -4.57. The summed E-state index contributed by atoms with van der Waals surface area (Å²) in [6, 6.07) is 3.61. The molecule has 0 radical (unpaired) electrons. The second-order valence-corrected chi connectivity index (χ2v) is 8.68. The highest BCUT2D eigenvalue weighted by atomic mass is 19.1. The minimum atomic E-state index is -1.88. The van der Waals surface area contributed by atoms with Crippen LogP contribution in [-0.4, -0.2) is 78.4 Å². The van der Waals surface area contributed by atoms with E-state index in [2.05, 4.69) is 26.3 Å². The van der Waals surface area contributed by atoms with E-state index in [0.29, 0.717) is 29.8 Å². The van der Waals surface area contributed by atoms with Crippen LogP contribution in [0.25, 0.3) is 0 Å². The van der Waals surface area contributed by atoms with Crippen molar-refractivity contribution < 1.29 is 43.7 Å². The Morgan fingerprint density at radius 2 is 1.89 bits per heavy atom. The molecule has 0 fully saturated rings. The van der Waals surface area contributed by atoms with E-state index in [1.54, 1.807) is 18.2 Å². The van der Waals surface area contributed by atoms with Crippen molar-refractivity contribution in [2.24, 2.45) is 0 Å². The highest BCUT2D eigenvalue weighted by Crippen LogP contribution is 2.18. The van der Waals surface area contributed by atoms with Crippen LogP contribution in [-0.2, 0) is 38.6 Å². The Morgan fingerprint density at radius 3 is 2.53 bits per heavy atom. The van der Waals surface area contributed by atoms with E-state index < -0.39 is 60.9 Å².